The van der Waals surface area contributed by atoms with E-state index in [0.717, 1.165) is 51.4 Å². The van der Waals surface area contributed by atoms with Crippen molar-refractivity contribution in [1.29, 1.82) is 0 Å². The highest BCUT2D eigenvalue weighted by atomic mass is 16.5. The first kappa shape index (κ1) is 25.0. The van der Waals surface area contributed by atoms with Crippen LogP contribution >= 0.6 is 0 Å². The summed E-state index contributed by atoms with van der Waals surface area (Å²) in [5, 5.41) is 0. The summed E-state index contributed by atoms with van der Waals surface area (Å²) in [5.74, 6) is 0.608. The summed E-state index contributed by atoms with van der Waals surface area (Å²) in [6, 6.07) is 0. The van der Waals surface area contributed by atoms with Crippen molar-refractivity contribution in [3.63, 3.8) is 0 Å². The highest BCUT2D eigenvalue weighted by molar-refractivity contribution is 5.76. The van der Waals surface area contributed by atoms with Crippen LogP contribution in [0.15, 0.2) is 0 Å². The summed E-state index contributed by atoms with van der Waals surface area (Å²) in [6.45, 7) is 9.79. The van der Waals surface area contributed by atoms with Gasteiger partial charge in [-0.2, -0.15) is 0 Å². The van der Waals surface area contributed by atoms with Crippen LogP contribution in [0, 0.1) is 23.7 Å². The van der Waals surface area contributed by atoms with Gasteiger partial charge in [-0.05, 0) is 56.8 Å². The molecular weight excluding hydrogens is 352 g/mol. The third-order valence-corrected chi connectivity index (χ3v) is 5.89. The number of carbonyl (C=O) groups excluding carboxylic acids is 2. The number of hydrogen-bond acceptors (Lipinski definition) is 4. The van der Waals surface area contributed by atoms with Crippen molar-refractivity contribution in [3.8, 4) is 0 Å². The molecule has 4 heteroatoms. The van der Waals surface area contributed by atoms with E-state index >= 15 is 0 Å². The predicted octanol–water partition coefficient (Wildman–Crippen LogP) is 6.31. The van der Waals surface area contributed by atoms with Crippen molar-refractivity contribution in [1.82, 2.24) is 0 Å². The first-order valence-electron chi connectivity index (χ1n) is 11.8. The summed E-state index contributed by atoms with van der Waals surface area (Å²) >= 11 is 0. The van der Waals surface area contributed by atoms with Gasteiger partial charge in [0, 0.05) is 0 Å². The number of ether oxygens (including phenoxy) is 2. The van der Waals surface area contributed by atoms with E-state index in [1.807, 2.05) is 0 Å². The predicted molar refractivity (Wildman–Crippen MR) is 114 cm³/mol. The Hall–Kier alpha value is -1.06. The van der Waals surface area contributed by atoms with Gasteiger partial charge in [0.05, 0.1) is 25.0 Å². The number of rotatable bonds is 14. The molecule has 0 N–H and O–H groups in total. The smallest absolute Gasteiger partial charge is 0.308 e. The fraction of sp³-hybridized carbons (Fsp3) is 0.917. The molecule has 0 saturated heterocycles. The Morgan fingerprint density at radius 1 is 0.857 bits per heavy atom. The first-order chi connectivity index (χ1) is 13.5. The zero-order chi connectivity index (χ0) is 20.8. The summed E-state index contributed by atoms with van der Waals surface area (Å²) in [4.78, 5) is 24.9. The average molecular weight is 397 g/mol. The van der Waals surface area contributed by atoms with Crippen LogP contribution in [-0.4, -0.2) is 25.2 Å². The molecule has 0 aromatic heterocycles. The Morgan fingerprint density at radius 2 is 1.54 bits per heavy atom. The van der Waals surface area contributed by atoms with Gasteiger partial charge in [-0.1, -0.05) is 59.8 Å². The molecule has 0 aromatic carbocycles. The Kier molecular flexibility index (Phi) is 13.3. The molecule has 1 saturated carbocycles. The zero-order valence-corrected chi connectivity index (χ0v) is 18.8. The minimum Gasteiger partial charge on any atom is -0.465 e. The maximum Gasteiger partial charge on any atom is 0.308 e. The maximum atomic E-state index is 12.6. The molecule has 0 spiro atoms. The van der Waals surface area contributed by atoms with Crippen LogP contribution in [0.25, 0.3) is 0 Å². The van der Waals surface area contributed by atoms with Gasteiger partial charge >= 0.3 is 11.9 Å². The second kappa shape index (κ2) is 14.9. The Morgan fingerprint density at radius 3 is 2.14 bits per heavy atom. The molecule has 4 nitrogen and oxygen atoms in total. The molecule has 1 rings (SSSR count). The number of hydrogen-bond donors (Lipinski definition) is 0. The van der Waals surface area contributed by atoms with Crippen LogP contribution in [0.5, 0.6) is 0 Å². The van der Waals surface area contributed by atoms with E-state index in [-0.39, 0.29) is 23.8 Å². The van der Waals surface area contributed by atoms with Gasteiger partial charge in [0.15, 0.2) is 0 Å². The quantitative estimate of drug-likeness (QED) is 0.255. The molecule has 164 valence electrons. The fourth-order valence-electron chi connectivity index (χ4n) is 4.12. The molecule has 0 radical (unpaired) electrons. The van der Waals surface area contributed by atoms with Gasteiger partial charge in [-0.15, -0.1) is 0 Å². The average Bonchev–Trinajstić information content (AvgIpc) is 2.69. The molecule has 1 aliphatic carbocycles. The monoisotopic (exact) mass is 396 g/mol. The Labute approximate surface area is 173 Å². The van der Waals surface area contributed by atoms with Gasteiger partial charge in [-0.25, -0.2) is 0 Å². The van der Waals surface area contributed by atoms with Crippen molar-refractivity contribution in [2.45, 2.75) is 105 Å². The number of esters is 2. The van der Waals surface area contributed by atoms with E-state index in [1.165, 1.54) is 19.3 Å². The SMILES string of the molecule is CCCCCC(CCC)COC(=O)C1CCCC(C(=O)OCCCC(C)C)C1. The fourth-order valence-corrected chi connectivity index (χ4v) is 4.12. The normalized spacial score (nSPS) is 20.8. The molecular formula is C24H44O4. The van der Waals surface area contributed by atoms with Crippen molar-refractivity contribution in [2.75, 3.05) is 13.2 Å². The van der Waals surface area contributed by atoms with Crippen LogP contribution in [-0.2, 0) is 19.1 Å². The summed E-state index contributed by atoms with van der Waals surface area (Å²) < 4.78 is 11.1. The van der Waals surface area contributed by atoms with Crippen molar-refractivity contribution in [2.24, 2.45) is 23.7 Å². The van der Waals surface area contributed by atoms with Gasteiger partial charge in [-0.3, -0.25) is 9.59 Å². The number of unbranched alkanes of at least 4 members (excludes halogenated alkanes) is 2. The third-order valence-electron chi connectivity index (χ3n) is 5.89. The second-order valence-corrected chi connectivity index (χ2v) is 9.04. The summed E-state index contributed by atoms with van der Waals surface area (Å²) in [6.07, 6.45) is 12.2. The van der Waals surface area contributed by atoms with Crippen LogP contribution in [0.4, 0.5) is 0 Å². The summed E-state index contributed by atoms with van der Waals surface area (Å²) in [7, 11) is 0. The molecule has 0 bridgehead atoms. The van der Waals surface area contributed by atoms with Crippen molar-refractivity contribution in [3.05, 3.63) is 0 Å². The van der Waals surface area contributed by atoms with Gasteiger partial charge < -0.3 is 9.47 Å². The highest BCUT2D eigenvalue weighted by Gasteiger charge is 2.33. The minimum atomic E-state index is -0.139. The molecule has 3 atom stereocenters. The van der Waals surface area contributed by atoms with Crippen LogP contribution in [0.2, 0.25) is 0 Å². The van der Waals surface area contributed by atoms with E-state index in [2.05, 4.69) is 27.7 Å². The van der Waals surface area contributed by atoms with E-state index in [1.54, 1.807) is 0 Å². The topological polar surface area (TPSA) is 52.6 Å². The molecule has 3 unspecified atom stereocenters. The van der Waals surface area contributed by atoms with E-state index in [0.29, 0.717) is 31.5 Å². The lowest BCUT2D eigenvalue weighted by atomic mass is 9.81. The number of carbonyl (C=O) groups is 2. The lowest BCUT2D eigenvalue weighted by Gasteiger charge is -2.27. The van der Waals surface area contributed by atoms with Crippen molar-refractivity contribution < 1.29 is 19.1 Å². The maximum absolute atomic E-state index is 12.6. The lowest BCUT2D eigenvalue weighted by molar-refractivity contribution is -0.156. The molecule has 0 aromatic rings. The minimum absolute atomic E-state index is 0.103. The Balaban J connectivity index is 2.36. The molecule has 1 fully saturated rings. The molecule has 0 heterocycles. The standard InChI is InChI=1S/C24H44O4/c1-5-7-8-13-20(11-6-2)18-28-24(26)22-15-9-14-21(17-22)23(25)27-16-10-12-19(3)4/h19-22H,5-18H2,1-4H3. The van der Waals surface area contributed by atoms with Gasteiger partial charge in [0.2, 0.25) is 0 Å². The van der Waals surface area contributed by atoms with Crippen LogP contribution < -0.4 is 0 Å². The van der Waals surface area contributed by atoms with E-state index in [9.17, 15) is 9.59 Å². The van der Waals surface area contributed by atoms with Crippen LogP contribution in [0.1, 0.15) is 105 Å². The molecule has 28 heavy (non-hydrogen) atoms. The van der Waals surface area contributed by atoms with E-state index in [4.69, 9.17) is 9.47 Å². The lowest BCUT2D eigenvalue weighted by Crippen LogP contribution is -2.30. The molecule has 0 amide bonds. The summed E-state index contributed by atoms with van der Waals surface area (Å²) in [5.41, 5.74) is 0. The van der Waals surface area contributed by atoms with E-state index < -0.39 is 0 Å². The van der Waals surface area contributed by atoms with Gasteiger partial charge in [0.25, 0.3) is 0 Å². The zero-order valence-electron chi connectivity index (χ0n) is 18.8. The van der Waals surface area contributed by atoms with Crippen molar-refractivity contribution >= 4 is 11.9 Å². The third kappa shape index (κ3) is 10.5. The second-order valence-electron chi connectivity index (χ2n) is 9.04. The largest absolute Gasteiger partial charge is 0.465 e. The highest BCUT2D eigenvalue weighted by Crippen LogP contribution is 2.31. The van der Waals surface area contributed by atoms with Crippen LogP contribution in [0.3, 0.4) is 0 Å². The Bertz CT molecular complexity index is 432. The van der Waals surface area contributed by atoms with Gasteiger partial charge in [0.1, 0.15) is 0 Å². The molecule has 1 aliphatic rings. The molecule has 0 aliphatic heterocycles. The first-order valence-corrected chi connectivity index (χ1v) is 11.8.